The van der Waals surface area contributed by atoms with Gasteiger partial charge >= 0.3 is 5.69 Å². The van der Waals surface area contributed by atoms with Crippen molar-refractivity contribution in [2.45, 2.75) is 45.7 Å². The molecule has 26 heavy (non-hydrogen) atoms. The van der Waals surface area contributed by atoms with Gasteiger partial charge in [-0.15, -0.1) is 0 Å². The second-order valence-electron chi connectivity index (χ2n) is 6.64. The zero-order valence-electron chi connectivity index (χ0n) is 14.9. The molecule has 136 valence electrons. The van der Waals surface area contributed by atoms with Crippen molar-refractivity contribution in [2.75, 3.05) is 0 Å². The summed E-state index contributed by atoms with van der Waals surface area (Å²) in [5.74, 6) is -0.626. The molecule has 1 aromatic heterocycles. The van der Waals surface area contributed by atoms with Crippen LogP contribution in [-0.2, 0) is 29.0 Å². The third kappa shape index (κ3) is 3.51. The third-order valence-electron chi connectivity index (χ3n) is 4.94. The van der Waals surface area contributed by atoms with Crippen molar-refractivity contribution in [2.24, 2.45) is 5.73 Å². The molecule has 0 unspecified atom stereocenters. The first-order chi connectivity index (χ1) is 12.4. The number of nitrogens with one attached hydrogen (secondary N) is 1. The van der Waals surface area contributed by atoms with E-state index in [1.54, 1.807) is 18.7 Å². The number of carbonyl (C=O) groups excluding carboxylic acids is 2. The molecule has 0 bridgehead atoms. The Bertz CT molecular complexity index is 893. The molecule has 1 aromatic carbocycles. The van der Waals surface area contributed by atoms with Crippen LogP contribution >= 0.6 is 0 Å². The minimum absolute atomic E-state index is 0.131. The molecular formula is C19H22N4O3. The molecule has 1 aliphatic rings. The minimum Gasteiger partial charge on any atom is -0.368 e. The molecule has 1 aliphatic heterocycles. The maximum absolute atomic E-state index is 12.8. The van der Waals surface area contributed by atoms with Crippen LogP contribution in [0.15, 0.2) is 29.1 Å². The summed E-state index contributed by atoms with van der Waals surface area (Å²) in [5, 5.41) is 0. The number of primary amides is 1. The summed E-state index contributed by atoms with van der Waals surface area (Å²) in [7, 11) is 0. The van der Waals surface area contributed by atoms with Gasteiger partial charge in [0.2, 0.25) is 11.8 Å². The van der Waals surface area contributed by atoms with Gasteiger partial charge in [-0.05, 0) is 37.0 Å². The largest absolute Gasteiger partial charge is 0.368 e. The van der Waals surface area contributed by atoms with E-state index >= 15 is 0 Å². The number of aromatic amines is 1. The smallest absolute Gasteiger partial charge is 0.345 e. The standard InChI is InChI=1S/C19H22N4O3/c1-11-15(12(2)22-19(26)21-11)7-8-17(24)23-10-14-6-4-3-5-13(14)9-16(23)18(20)25/h3-6,16H,7-10H2,1-2H3,(H2,20,25)(H,21,22,26)/t16-/m0/s1. The molecule has 2 aromatic rings. The Morgan fingerprint density at radius 3 is 2.62 bits per heavy atom. The van der Waals surface area contributed by atoms with Crippen molar-refractivity contribution in [1.82, 2.24) is 14.9 Å². The fraction of sp³-hybridized carbons (Fsp3) is 0.368. The van der Waals surface area contributed by atoms with E-state index in [0.29, 0.717) is 30.8 Å². The lowest BCUT2D eigenvalue weighted by atomic mass is 9.93. The Labute approximate surface area is 151 Å². The van der Waals surface area contributed by atoms with Crippen LogP contribution in [0, 0.1) is 13.8 Å². The molecule has 3 rings (SSSR count). The Hall–Kier alpha value is -2.96. The van der Waals surface area contributed by atoms with Crippen LogP contribution in [0.5, 0.6) is 0 Å². The molecule has 2 heterocycles. The predicted octanol–water partition coefficient (Wildman–Crippen LogP) is 0.758. The number of amides is 2. The van der Waals surface area contributed by atoms with Crippen molar-refractivity contribution in [3.8, 4) is 0 Å². The molecule has 7 heteroatoms. The van der Waals surface area contributed by atoms with Gasteiger partial charge in [-0.3, -0.25) is 9.59 Å². The monoisotopic (exact) mass is 354 g/mol. The fourth-order valence-corrected chi connectivity index (χ4v) is 3.54. The molecule has 1 atom stereocenters. The third-order valence-corrected chi connectivity index (χ3v) is 4.94. The molecule has 0 saturated heterocycles. The summed E-state index contributed by atoms with van der Waals surface area (Å²) in [4.78, 5) is 44.2. The summed E-state index contributed by atoms with van der Waals surface area (Å²) in [6, 6.07) is 7.14. The fourth-order valence-electron chi connectivity index (χ4n) is 3.54. The lowest BCUT2D eigenvalue weighted by Gasteiger charge is -2.35. The first-order valence-corrected chi connectivity index (χ1v) is 8.58. The predicted molar refractivity (Wildman–Crippen MR) is 96.3 cm³/mol. The number of H-pyrrole nitrogens is 1. The van der Waals surface area contributed by atoms with Crippen molar-refractivity contribution < 1.29 is 9.59 Å². The number of hydrogen-bond acceptors (Lipinski definition) is 4. The molecule has 7 nitrogen and oxygen atoms in total. The van der Waals surface area contributed by atoms with E-state index in [9.17, 15) is 14.4 Å². The number of hydrogen-bond donors (Lipinski definition) is 2. The summed E-state index contributed by atoms with van der Waals surface area (Å²) in [6.45, 7) is 3.93. The molecule has 0 aliphatic carbocycles. The number of nitrogens with zero attached hydrogens (tertiary/aromatic N) is 2. The van der Waals surface area contributed by atoms with Crippen LogP contribution in [0.2, 0.25) is 0 Å². The molecule has 2 amide bonds. The first kappa shape index (κ1) is 17.8. The van der Waals surface area contributed by atoms with Crippen LogP contribution in [0.25, 0.3) is 0 Å². The normalized spacial score (nSPS) is 16.2. The minimum atomic E-state index is -0.631. The van der Waals surface area contributed by atoms with Crippen molar-refractivity contribution in [1.29, 1.82) is 0 Å². The van der Waals surface area contributed by atoms with Gasteiger partial charge in [0.15, 0.2) is 0 Å². The van der Waals surface area contributed by atoms with Crippen LogP contribution < -0.4 is 11.4 Å². The number of aromatic nitrogens is 2. The lowest BCUT2D eigenvalue weighted by molar-refractivity contribution is -0.140. The highest BCUT2D eigenvalue weighted by Crippen LogP contribution is 2.24. The van der Waals surface area contributed by atoms with Gasteiger partial charge in [0, 0.05) is 30.8 Å². The molecule has 0 radical (unpaired) electrons. The summed E-state index contributed by atoms with van der Waals surface area (Å²) in [6.07, 6.45) is 1.11. The van der Waals surface area contributed by atoms with E-state index in [-0.39, 0.29) is 12.3 Å². The zero-order valence-corrected chi connectivity index (χ0v) is 14.9. The molecule has 0 saturated carbocycles. The Balaban J connectivity index is 1.78. The van der Waals surface area contributed by atoms with Crippen LogP contribution in [-0.4, -0.2) is 32.7 Å². The average Bonchev–Trinajstić information content (AvgIpc) is 2.59. The summed E-state index contributed by atoms with van der Waals surface area (Å²) < 4.78 is 0. The van der Waals surface area contributed by atoms with E-state index < -0.39 is 17.6 Å². The zero-order chi connectivity index (χ0) is 18.8. The number of benzene rings is 1. The summed E-state index contributed by atoms with van der Waals surface area (Å²) >= 11 is 0. The number of nitrogens with two attached hydrogens (primary N) is 1. The van der Waals surface area contributed by atoms with Gasteiger partial charge in [-0.2, -0.15) is 4.98 Å². The number of fused-ring (bicyclic) bond motifs is 1. The molecule has 0 spiro atoms. The molecular weight excluding hydrogens is 332 g/mol. The Morgan fingerprint density at radius 2 is 1.96 bits per heavy atom. The lowest BCUT2D eigenvalue weighted by Crippen LogP contribution is -2.51. The van der Waals surface area contributed by atoms with Crippen molar-refractivity contribution >= 4 is 11.8 Å². The van der Waals surface area contributed by atoms with Crippen molar-refractivity contribution in [3.63, 3.8) is 0 Å². The van der Waals surface area contributed by atoms with Gasteiger partial charge in [0.25, 0.3) is 0 Å². The van der Waals surface area contributed by atoms with Gasteiger partial charge < -0.3 is 15.6 Å². The SMILES string of the molecule is Cc1nc(=O)[nH]c(C)c1CCC(=O)N1Cc2ccccc2C[C@H]1C(N)=O. The first-order valence-electron chi connectivity index (χ1n) is 8.58. The van der Waals surface area contributed by atoms with E-state index in [1.807, 2.05) is 24.3 Å². The highest BCUT2D eigenvalue weighted by Gasteiger charge is 2.33. The second kappa shape index (κ2) is 7.11. The van der Waals surface area contributed by atoms with E-state index in [1.165, 1.54) is 0 Å². The highest BCUT2D eigenvalue weighted by molar-refractivity contribution is 5.87. The maximum atomic E-state index is 12.8. The van der Waals surface area contributed by atoms with Crippen molar-refractivity contribution in [3.05, 3.63) is 62.8 Å². The van der Waals surface area contributed by atoms with Gasteiger partial charge in [0.05, 0.1) is 0 Å². The maximum Gasteiger partial charge on any atom is 0.345 e. The van der Waals surface area contributed by atoms with Crippen LogP contribution in [0.3, 0.4) is 0 Å². The molecule has 3 N–H and O–H groups in total. The van der Waals surface area contributed by atoms with Gasteiger partial charge in [-0.25, -0.2) is 4.79 Å². The topological polar surface area (TPSA) is 109 Å². The quantitative estimate of drug-likeness (QED) is 0.844. The number of rotatable bonds is 4. The van der Waals surface area contributed by atoms with E-state index in [0.717, 1.165) is 16.7 Å². The number of aryl methyl sites for hydroxylation is 2. The molecule has 0 fully saturated rings. The Morgan fingerprint density at radius 1 is 1.27 bits per heavy atom. The van der Waals surface area contributed by atoms with Gasteiger partial charge in [0.1, 0.15) is 6.04 Å². The highest BCUT2D eigenvalue weighted by atomic mass is 16.2. The van der Waals surface area contributed by atoms with Gasteiger partial charge in [-0.1, -0.05) is 24.3 Å². The van der Waals surface area contributed by atoms with Crippen LogP contribution in [0.4, 0.5) is 0 Å². The van der Waals surface area contributed by atoms with E-state index in [2.05, 4.69) is 9.97 Å². The number of carbonyl (C=O) groups is 2. The van der Waals surface area contributed by atoms with Crippen LogP contribution in [0.1, 0.15) is 34.5 Å². The summed E-state index contributed by atoms with van der Waals surface area (Å²) in [5.41, 5.74) is 9.43. The van der Waals surface area contributed by atoms with E-state index in [4.69, 9.17) is 5.73 Å². The Kier molecular flexibility index (Phi) is 4.88. The second-order valence-corrected chi connectivity index (χ2v) is 6.64. The average molecular weight is 354 g/mol.